The minimum Gasteiger partial charge on any atom is -0.450 e. The first-order valence-electron chi connectivity index (χ1n) is 9.93. The number of carbonyl (C=O) groups excluding carboxylic acids is 2. The Bertz CT molecular complexity index is 519. The van der Waals surface area contributed by atoms with Gasteiger partial charge < -0.3 is 15.4 Å². The van der Waals surface area contributed by atoms with Crippen molar-refractivity contribution in [2.75, 3.05) is 13.7 Å². The number of nitrogens with zero attached hydrogens (tertiary/aromatic N) is 1. The van der Waals surface area contributed by atoms with Crippen LogP contribution in [0.1, 0.15) is 64.2 Å². The summed E-state index contributed by atoms with van der Waals surface area (Å²) in [5, 5.41) is 0. The average Bonchev–Trinajstić information content (AvgIpc) is 2.51. The molecule has 3 aliphatic rings. The van der Waals surface area contributed by atoms with Gasteiger partial charge in [0.1, 0.15) is 0 Å². The van der Waals surface area contributed by atoms with Crippen LogP contribution in [-0.4, -0.2) is 36.6 Å². The van der Waals surface area contributed by atoms with Gasteiger partial charge in [-0.2, -0.15) is 0 Å². The topological polar surface area (TPSA) is 72.6 Å². The molecule has 0 spiro atoms. The maximum Gasteiger partial charge on any atom is 0.404 e. The van der Waals surface area contributed by atoms with E-state index in [0.29, 0.717) is 12.6 Å². The summed E-state index contributed by atoms with van der Waals surface area (Å²) in [6, 6.07) is 0.459. The van der Waals surface area contributed by atoms with Crippen molar-refractivity contribution in [3.8, 4) is 0 Å². The van der Waals surface area contributed by atoms with Gasteiger partial charge in [0.25, 0.3) is 0 Å². The fourth-order valence-corrected chi connectivity index (χ4v) is 4.73. The van der Waals surface area contributed by atoms with Crippen LogP contribution in [0.5, 0.6) is 0 Å². The predicted molar refractivity (Wildman–Crippen MR) is 96.8 cm³/mol. The molecule has 3 aliphatic carbocycles. The zero-order valence-corrected chi connectivity index (χ0v) is 15.4. The highest BCUT2D eigenvalue weighted by Crippen LogP contribution is 2.43. The van der Waals surface area contributed by atoms with Crippen molar-refractivity contribution >= 4 is 12.0 Å². The van der Waals surface area contributed by atoms with Crippen molar-refractivity contribution in [1.29, 1.82) is 0 Å². The standard InChI is InChI=1S/C20H32N2O3/c1-22(18-12-16(13-18)15-7-3-2-4-8-15)19(23)17-10-14(11-17)6-5-9-25-20(21)24/h10,15-18H,2-9,11-13H2,1H3,(H2,21,24)/t16?,17-,18?/m0/s1. The van der Waals surface area contributed by atoms with Crippen LogP contribution in [0.4, 0.5) is 4.79 Å². The van der Waals surface area contributed by atoms with Gasteiger partial charge in [0.2, 0.25) is 5.91 Å². The van der Waals surface area contributed by atoms with E-state index in [9.17, 15) is 9.59 Å². The van der Waals surface area contributed by atoms with Crippen LogP contribution in [0, 0.1) is 17.8 Å². The van der Waals surface area contributed by atoms with Crippen molar-refractivity contribution in [2.24, 2.45) is 23.5 Å². The molecule has 140 valence electrons. The fraction of sp³-hybridized carbons (Fsp3) is 0.800. The van der Waals surface area contributed by atoms with Gasteiger partial charge >= 0.3 is 6.09 Å². The third-order valence-corrected chi connectivity index (χ3v) is 6.48. The number of amides is 2. The molecule has 0 aromatic rings. The molecule has 5 heteroatoms. The number of ether oxygens (including phenoxy) is 1. The normalized spacial score (nSPS) is 29.2. The van der Waals surface area contributed by atoms with E-state index in [1.165, 1.54) is 50.5 Å². The van der Waals surface area contributed by atoms with Gasteiger partial charge in [0, 0.05) is 13.1 Å². The average molecular weight is 348 g/mol. The largest absolute Gasteiger partial charge is 0.450 e. The summed E-state index contributed by atoms with van der Waals surface area (Å²) in [5.74, 6) is 2.12. The second-order valence-electron chi connectivity index (χ2n) is 8.14. The van der Waals surface area contributed by atoms with Gasteiger partial charge in [-0.3, -0.25) is 4.79 Å². The van der Waals surface area contributed by atoms with Crippen LogP contribution in [0.3, 0.4) is 0 Å². The second kappa shape index (κ2) is 8.24. The first-order valence-corrected chi connectivity index (χ1v) is 9.93. The van der Waals surface area contributed by atoms with Crippen LogP contribution < -0.4 is 5.73 Å². The van der Waals surface area contributed by atoms with Crippen LogP contribution in [0.2, 0.25) is 0 Å². The lowest BCUT2D eigenvalue weighted by atomic mass is 9.67. The van der Waals surface area contributed by atoms with E-state index in [-0.39, 0.29) is 11.8 Å². The van der Waals surface area contributed by atoms with Crippen LogP contribution in [0.15, 0.2) is 11.6 Å². The van der Waals surface area contributed by atoms with E-state index in [1.807, 2.05) is 11.9 Å². The van der Waals surface area contributed by atoms with Gasteiger partial charge in [-0.25, -0.2) is 4.79 Å². The Hall–Kier alpha value is -1.52. The zero-order chi connectivity index (χ0) is 17.8. The summed E-state index contributed by atoms with van der Waals surface area (Å²) >= 11 is 0. The van der Waals surface area contributed by atoms with Gasteiger partial charge in [-0.1, -0.05) is 43.8 Å². The lowest BCUT2D eigenvalue weighted by molar-refractivity contribution is -0.138. The second-order valence-corrected chi connectivity index (χ2v) is 8.14. The molecule has 2 saturated carbocycles. The van der Waals surface area contributed by atoms with Crippen LogP contribution >= 0.6 is 0 Å². The first kappa shape index (κ1) is 18.3. The Morgan fingerprint density at radius 1 is 1.20 bits per heavy atom. The molecule has 0 aromatic carbocycles. The summed E-state index contributed by atoms with van der Waals surface area (Å²) in [5.41, 5.74) is 6.23. The van der Waals surface area contributed by atoms with Gasteiger partial charge in [-0.15, -0.1) is 0 Å². The lowest BCUT2D eigenvalue weighted by Gasteiger charge is -2.47. The number of hydrogen-bond acceptors (Lipinski definition) is 3. The summed E-state index contributed by atoms with van der Waals surface area (Å²) < 4.78 is 4.72. The van der Waals surface area contributed by atoms with Crippen LogP contribution in [0.25, 0.3) is 0 Å². The molecule has 0 aromatic heterocycles. The number of carbonyl (C=O) groups is 2. The van der Waals surface area contributed by atoms with Crippen LogP contribution in [-0.2, 0) is 9.53 Å². The smallest absolute Gasteiger partial charge is 0.404 e. The van der Waals surface area contributed by atoms with E-state index < -0.39 is 6.09 Å². The van der Waals surface area contributed by atoms with Crippen molar-refractivity contribution in [2.45, 2.75) is 70.3 Å². The molecule has 0 unspecified atom stereocenters. The predicted octanol–water partition coefficient (Wildman–Crippen LogP) is 3.63. The molecule has 2 amide bonds. The summed E-state index contributed by atoms with van der Waals surface area (Å²) in [7, 11) is 1.98. The van der Waals surface area contributed by atoms with E-state index in [1.54, 1.807) is 0 Å². The van der Waals surface area contributed by atoms with Crippen molar-refractivity contribution in [3.05, 3.63) is 11.6 Å². The molecule has 2 N–H and O–H groups in total. The molecule has 0 saturated heterocycles. The monoisotopic (exact) mass is 348 g/mol. The molecule has 3 rings (SSSR count). The van der Waals surface area contributed by atoms with Crippen molar-refractivity contribution < 1.29 is 14.3 Å². The Kier molecular flexibility index (Phi) is 6.02. The molecule has 0 heterocycles. The Morgan fingerprint density at radius 2 is 1.88 bits per heavy atom. The number of hydrogen-bond donors (Lipinski definition) is 1. The molecule has 0 radical (unpaired) electrons. The molecule has 25 heavy (non-hydrogen) atoms. The van der Waals surface area contributed by atoms with E-state index in [0.717, 1.165) is 31.1 Å². The summed E-state index contributed by atoms with van der Waals surface area (Å²) in [4.78, 5) is 25.1. The minimum absolute atomic E-state index is 0.0609. The first-order chi connectivity index (χ1) is 12.0. The SMILES string of the molecule is CN(C(=O)[C@H]1C=C(CCCOC(N)=O)C1)C1CC(C2CCCCC2)C1. The van der Waals surface area contributed by atoms with Crippen molar-refractivity contribution in [1.82, 2.24) is 4.90 Å². The van der Waals surface area contributed by atoms with E-state index in [4.69, 9.17) is 10.5 Å². The molecule has 2 fully saturated rings. The number of rotatable bonds is 7. The maximum atomic E-state index is 12.6. The number of allylic oxidation sites excluding steroid dienone is 1. The lowest BCUT2D eigenvalue weighted by Crippen LogP contribution is -2.50. The highest BCUT2D eigenvalue weighted by molar-refractivity contribution is 5.82. The molecule has 0 aliphatic heterocycles. The highest BCUT2D eigenvalue weighted by Gasteiger charge is 2.40. The van der Waals surface area contributed by atoms with E-state index in [2.05, 4.69) is 6.08 Å². The third kappa shape index (κ3) is 4.56. The Balaban J connectivity index is 1.34. The van der Waals surface area contributed by atoms with Gasteiger partial charge in [-0.05, 0) is 43.9 Å². The Labute approximate surface area is 151 Å². The third-order valence-electron chi connectivity index (χ3n) is 6.48. The summed E-state index contributed by atoms with van der Waals surface area (Å²) in [6.07, 6.45) is 13.3. The minimum atomic E-state index is -0.718. The maximum absolute atomic E-state index is 12.6. The van der Waals surface area contributed by atoms with Crippen molar-refractivity contribution in [3.63, 3.8) is 0 Å². The number of primary amides is 1. The molecule has 5 nitrogen and oxygen atoms in total. The summed E-state index contributed by atoms with van der Waals surface area (Å²) in [6.45, 7) is 0.357. The molecule has 1 atom stereocenters. The Morgan fingerprint density at radius 3 is 2.52 bits per heavy atom. The molecule has 0 bridgehead atoms. The zero-order valence-electron chi connectivity index (χ0n) is 15.4. The quantitative estimate of drug-likeness (QED) is 0.564. The molecular formula is C20H32N2O3. The molecular weight excluding hydrogens is 316 g/mol. The highest BCUT2D eigenvalue weighted by atomic mass is 16.5. The fourth-order valence-electron chi connectivity index (χ4n) is 4.73. The number of nitrogens with two attached hydrogens (primary N) is 1. The van der Waals surface area contributed by atoms with E-state index >= 15 is 0 Å². The van der Waals surface area contributed by atoms with Gasteiger partial charge in [0.05, 0.1) is 12.5 Å². The van der Waals surface area contributed by atoms with Gasteiger partial charge in [0.15, 0.2) is 0 Å².